The fourth-order valence-electron chi connectivity index (χ4n) is 3.15. The number of urea groups is 1. The van der Waals surface area contributed by atoms with Crippen LogP contribution in [0.4, 0.5) is 10.5 Å². The Kier molecular flexibility index (Phi) is 7.07. The van der Waals surface area contributed by atoms with Gasteiger partial charge in [-0.05, 0) is 26.0 Å². The molecule has 1 aliphatic rings. The van der Waals surface area contributed by atoms with Crippen LogP contribution in [0.25, 0.3) is 0 Å². The van der Waals surface area contributed by atoms with Crippen molar-refractivity contribution in [1.82, 2.24) is 20.3 Å². The quantitative estimate of drug-likeness (QED) is 0.736. The highest BCUT2D eigenvalue weighted by Gasteiger charge is 2.24. The lowest BCUT2D eigenvalue weighted by Gasteiger charge is -2.34. The Balaban J connectivity index is 1.37. The number of para-hydroxylation sites is 2. The Hall–Kier alpha value is -3.07. The van der Waals surface area contributed by atoms with Crippen molar-refractivity contribution in [3.05, 3.63) is 41.8 Å². The summed E-state index contributed by atoms with van der Waals surface area (Å²) in [5, 5.41) is 9.46. The van der Waals surface area contributed by atoms with E-state index in [0.717, 1.165) is 13.1 Å². The van der Waals surface area contributed by atoms with Crippen molar-refractivity contribution in [2.45, 2.75) is 13.8 Å². The molecule has 0 spiro atoms. The predicted octanol–water partition coefficient (Wildman–Crippen LogP) is 1.96. The lowest BCUT2D eigenvalue weighted by Crippen LogP contribution is -2.50. The first-order chi connectivity index (χ1) is 14.1. The molecule has 0 saturated carbocycles. The SMILES string of the molecule is CCOc1ccccc1NC(=O)NCCN1CCN(C(=O)c2cc(C)on2)CC1. The van der Waals surface area contributed by atoms with E-state index in [4.69, 9.17) is 9.26 Å². The number of ether oxygens (including phenoxy) is 1. The fourth-order valence-corrected chi connectivity index (χ4v) is 3.15. The molecule has 9 nitrogen and oxygen atoms in total. The Morgan fingerprint density at radius 1 is 1.21 bits per heavy atom. The second-order valence-corrected chi connectivity index (χ2v) is 6.77. The molecule has 2 N–H and O–H groups in total. The molecule has 0 aliphatic carbocycles. The van der Waals surface area contributed by atoms with E-state index < -0.39 is 0 Å². The molecule has 0 radical (unpaired) electrons. The van der Waals surface area contributed by atoms with Gasteiger partial charge in [0.25, 0.3) is 5.91 Å². The standard InChI is InChI=1S/C20H27N5O4/c1-3-28-18-7-5-4-6-16(18)22-20(27)21-8-9-24-10-12-25(13-11-24)19(26)17-14-15(2)29-23-17/h4-7,14H,3,8-13H2,1-2H3,(H2,21,22,27). The van der Waals surface area contributed by atoms with E-state index >= 15 is 0 Å². The van der Waals surface area contributed by atoms with Gasteiger partial charge in [0.15, 0.2) is 5.69 Å². The van der Waals surface area contributed by atoms with Gasteiger partial charge in [-0.2, -0.15) is 0 Å². The molecule has 0 unspecified atom stereocenters. The van der Waals surface area contributed by atoms with Crippen LogP contribution in [-0.4, -0.2) is 72.8 Å². The topological polar surface area (TPSA) is 99.9 Å². The van der Waals surface area contributed by atoms with E-state index in [-0.39, 0.29) is 11.9 Å². The van der Waals surface area contributed by atoms with Crippen LogP contribution in [0.5, 0.6) is 5.75 Å². The van der Waals surface area contributed by atoms with E-state index in [0.29, 0.717) is 55.7 Å². The summed E-state index contributed by atoms with van der Waals surface area (Å²) in [6.07, 6.45) is 0. The summed E-state index contributed by atoms with van der Waals surface area (Å²) in [5.74, 6) is 1.17. The van der Waals surface area contributed by atoms with Crippen molar-refractivity contribution in [3.8, 4) is 5.75 Å². The van der Waals surface area contributed by atoms with E-state index in [1.165, 1.54) is 0 Å². The minimum atomic E-state index is -0.271. The number of carbonyl (C=O) groups excluding carboxylic acids is 2. The number of nitrogens with zero attached hydrogens (tertiary/aromatic N) is 3. The predicted molar refractivity (Wildman–Crippen MR) is 108 cm³/mol. The molecule has 29 heavy (non-hydrogen) atoms. The second-order valence-electron chi connectivity index (χ2n) is 6.77. The highest BCUT2D eigenvalue weighted by atomic mass is 16.5. The van der Waals surface area contributed by atoms with Crippen LogP contribution in [0, 0.1) is 6.92 Å². The molecule has 2 heterocycles. The third-order valence-electron chi connectivity index (χ3n) is 4.66. The van der Waals surface area contributed by atoms with Gasteiger partial charge in [0.2, 0.25) is 0 Å². The highest BCUT2D eigenvalue weighted by molar-refractivity contribution is 5.92. The van der Waals surface area contributed by atoms with Crippen molar-refractivity contribution in [1.29, 1.82) is 0 Å². The Morgan fingerprint density at radius 2 is 1.97 bits per heavy atom. The van der Waals surface area contributed by atoms with Crippen LogP contribution < -0.4 is 15.4 Å². The molecule has 1 aromatic heterocycles. The lowest BCUT2D eigenvalue weighted by molar-refractivity contribution is 0.0629. The molecule has 156 valence electrons. The number of hydrogen-bond donors (Lipinski definition) is 2. The molecule has 3 amide bonds. The van der Waals surface area contributed by atoms with Crippen LogP contribution in [-0.2, 0) is 0 Å². The zero-order valence-corrected chi connectivity index (χ0v) is 16.8. The van der Waals surface area contributed by atoms with Crippen molar-refractivity contribution in [2.75, 3.05) is 51.2 Å². The first-order valence-electron chi connectivity index (χ1n) is 9.78. The Morgan fingerprint density at radius 3 is 2.66 bits per heavy atom. The molecular weight excluding hydrogens is 374 g/mol. The maximum atomic E-state index is 12.4. The van der Waals surface area contributed by atoms with Gasteiger partial charge in [0, 0.05) is 45.3 Å². The number of nitrogens with one attached hydrogen (secondary N) is 2. The van der Waals surface area contributed by atoms with E-state index in [1.54, 1.807) is 24.0 Å². The van der Waals surface area contributed by atoms with Gasteiger partial charge < -0.3 is 24.8 Å². The van der Waals surface area contributed by atoms with Crippen LogP contribution in [0.2, 0.25) is 0 Å². The second kappa shape index (κ2) is 9.92. The third kappa shape index (κ3) is 5.71. The number of piperazine rings is 1. The zero-order valence-electron chi connectivity index (χ0n) is 16.8. The van der Waals surface area contributed by atoms with Gasteiger partial charge >= 0.3 is 6.03 Å². The molecule has 1 aromatic carbocycles. The number of aromatic nitrogens is 1. The van der Waals surface area contributed by atoms with Gasteiger partial charge in [-0.3, -0.25) is 9.69 Å². The average molecular weight is 401 g/mol. The van der Waals surface area contributed by atoms with Gasteiger partial charge in [-0.1, -0.05) is 17.3 Å². The van der Waals surface area contributed by atoms with Crippen LogP contribution in [0.15, 0.2) is 34.9 Å². The van der Waals surface area contributed by atoms with Crippen molar-refractivity contribution >= 4 is 17.6 Å². The number of hydrogen-bond acceptors (Lipinski definition) is 6. The van der Waals surface area contributed by atoms with Gasteiger partial charge in [-0.15, -0.1) is 0 Å². The van der Waals surface area contributed by atoms with Crippen LogP contribution >= 0.6 is 0 Å². The number of anilines is 1. The highest BCUT2D eigenvalue weighted by Crippen LogP contribution is 2.23. The summed E-state index contributed by atoms with van der Waals surface area (Å²) in [4.78, 5) is 28.5. The van der Waals surface area contributed by atoms with E-state index in [9.17, 15) is 9.59 Å². The molecular formula is C20H27N5O4. The minimum absolute atomic E-state index is 0.105. The normalized spacial score (nSPS) is 14.5. The van der Waals surface area contributed by atoms with Crippen molar-refractivity contribution in [2.24, 2.45) is 0 Å². The smallest absolute Gasteiger partial charge is 0.319 e. The van der Waals surface area contributed by atoms with Gasteiger partial charge in [0.05, 0.1) is 12.3 Å². The molecule has 0 atom stereocenters. The zero-order chi connectivity index (χ0) is 20.6. The number of benzene rings is 1. The molecule has 2 aromatic rings. The first-order valence-corrected chi connectivity index (χ1v) is 9.78. The van der Waals surface area contributed by atoms with Crippen molar-refractivity contribution in [3.63, 3.8) is 0 Å². The number of amides is 3. The van der Waals surface area contributed by atoms with E-state index in [1.807, 2.05) is 25.1 Å². The van der Waals surface area contributed by atoms with Crippen LogP contribution in [0.3, 0.4) is 0 Å². The summed E-state index contributed by atoms with van der Waals surface area (Å²) in [7, 11) is 0. The monoisotopic (exact) mass is 401 g/mol. The molecule has 9 heteroatoms. The molecule has 0 bridgehead atoms. The number of rotatable bonds is 7. The summed E-state index contributed by atoms with van der Waals surface area (Å²) >= 11 is 0. The average Bonchev–Trinajstić information content (AvgIpc) is 3.16. The third-order valence-corrected chi connectivity index (χ3v) is 4.66. The number of carbonyl (C=O) groups is 2. The largest absolute Gasteiger partial charge is 0.492 e. The van der Waals surface area contributed by atoms with Gasteiger partial charge in [0.1, 0.15) is 11.5 Å². The summed E-state index contributed by atoms with van der Waals surface area (Å²) < 4.78 is 10.5. The molecule has 1 fully saturated rings. The molecule has 1 aliphatic heterocycles. The first kappa shape index (κ1) is 20.7. The van der Waals surface area contributed by atoms with Gasteiger partial charge in [-0.25, -0.2) is 4.79 Å². The molecule has 1 saturated heterocycles. The minimum Gasteiger partial charge on any atom is -0.492 e. The number of aryl methyl sites for hydroxylation is 1. The summed E-state index contributed by atoms with van der Waals surface area (Å²) in [6.45, 7) is 8.17. The molecule has 3 rings (SSSR count). The van der Waals surface area contributed by atoms with E-state index in [2.05, 4.69) is 20.7 Å². The fraction of sp³-hybridized carbons (Fsp3) is 0.450. The maximum absolute atomic E-state index is 12.4. The Labute approximate surface area is 170 Å². The van der Waals surface area contributed by atoms with Crippen molar-refractivity contribution < 1.29 is 18.8 Å². The summed E-state index contributed by atoms with van der Waals surface area (Å²) in [5.41, 5.74) is 0.990. The van der Waals surface area contributed by atoms with Crippen LogP contribution in [0.1, 0.15) is 23.2 Å². The lowest BCUT2D eigenvalue weighted by atomic mass is 10.2. The maximum Gasteiger partial charge on any atom is 0.319 e. The summed E-state index contributed by atoms with van der Waals surface area (Å²) in [6, 6.07) is 8.72. The Bertz CT molecular complexity index is 830.